The van der Waals surface area contributed by atoms with E-state index in [1.807, 2.05) is 6.07 Å². The minimum atomic E-state index is -0.379. The molecule has 128 valence electrons. The van der Waals surface area contributed by atoms with E-state index in [-0.39, 0.29) is 11.9 Å². The van der Waals surface area contributed by atoms with E-state index < -0.39 is 0 Å². The van der Waals surface area contributed by atoms with Crippen molar-refractivity contribution in [3.63, 3.8) is 0 Å². The first-order valence-electron chi connectivity index (χ1n) is 7.28. The maximum Gasteiger partial charge on any atom is 0.348 e. The molecule has 0 aliphatic rings. The van der Waals surface area contributed by atoms with Gasteiger partial charge in [-0.05, 0) is 47.9 Å². The second kappa shape index (κ2) is 7.13. The molecule has 0 aliphatic carbocycles. The van der Waals surface area contributed by atoms with Crippen LogP contribution < -0.4 is 10.1 Å². The van der Waals surface area contributed by atoms with Gasteiger partial charge in [0.25, 0.3) is 5.91 Å². The summed E-state index contributed by atoms with van der Waals surface area (Å²) in [5, 5.41) is 4.11. The molecule has 3 aromatic rings. The third-order valence-electron chi connectivity index (χ3n) is 3.57. The standard InChI is InChI=1S/C18H14ClNO4S/c1-23-14-5-3-11(19)9-13(14)17(21)20-12-4-6-15-10(7-12)8-16(25-15)18(22)24-2/h3-9H,1-2H3,(H,20,21). The zero-order chi connectivity index (χ0) is 18.0. The van der Waals surface area contributed by atoms with Gasteiger partial charge in [-0.25, -0.2) is 4.79 Å². The van der Waals surface area contributed by atoms with Crippen molar-refractivity contribution in [3.8, 4) is 5.75 Å². The van der Waals surface area contributed by atoms with Crippen molar-refractivity contribution in [2.24, 2.45) is 0 Å². The summed E-state index contributed by atoms with van der Waals surface area (Å²) in [4.78, 5) is 24.7. The molecular formula is C18H14ClNO4S. The number of ether oxygens (including phenoxy) is 2. The van der Waals surface area contributed by atoms with E-state index in [4.69, 9.17) is 21.1 Å². The lowest BCUT2D eigenvalue weighted by Crippen LogP contribution is -2.13. The largest absolute Gasteiger partial charge is 0.496 e. The fourth-order valence-electron chi connectivity index (χ4n) is 2.38. The summed E-state index contributed by atoms with van der Waals surface area (Å²) in [6.07, 6.45) is 0. The Morgan fingerprint density at radius 3 is 2.60 bits per heavy atom. The molecule has 7 heteroatoms. The van der Waals surface area contributed by atoms with Crippen LogP contribution in [0.2, 0.25) is 5.02 Å². The monoisotopic (exact) mass is 375 g/mol. The van der Waals surface area contributed by atoms with Gasteiger partial charge in [-0.2, -0.15) is 0 Å². The van der Waals surface area contributed by atoms with Gasteiger partial charge in [0.05, 0.1) is 19.8 Å². The number of halogens is 1. The van der Waals surface area contributed by atoms with Crippen molar-refractivity contribution < 1.29 is 19.1 Å². The summed E-state index contributed by atoms with van der Waals surface area (Å²) >= 11 is 7.30. The molecule has 0 unspecified atom stereocenters. The van der Waals surface area contributed by atoms with Gasteiger partial charge >= 0.3 is 5.97 Å². The Bertz CT molecular complexity index is 967. The number of thiophene rings is 1. The lowest BCUT2D eigenvalue weighted by Gasteiger charge is -2.10. The fraction of sp³-hybridized carbons (Fsp3) is 0.111. The van der Waals surface area contributed by atoms with Crippen LogP contribution in [0, 0.1) is 0 Å². The van der Waals surface area contributed by atoms with Crippen molar-refractivity contribution in [2.45, 2.75) is 0 Å². The van der Waals surface area contributed by atoms with E-state index in [0.29, 0.717) is 26.9 Å². The number of methoxy groups -OCH3 is 2. The number of amides is 1. The third kappa shape index (κ3) is 3.60. The van der Waals surface area contributed by atoms with Crippen LogP contribution in [0.3, 0.4) is 0 Å². The minimum Gasteiger partial charge on any atom is -0.496 e. The van der Waals surface area contributed by atoms with Gasteiger partial charge in [-0.1, -0.05) is 11.6 Å². The van der Waals surface area contributed by atoms with Gasteiger partial charge in [0.15, 0.2) is 0 Å². The number of rotatable bonds is 4. The highest BCUT2D eigenvalue weighted by Gasteiger charge is 2.15. The van der Waals surface area contributed by atoms with E-state index in [2.05, 4.69) is 5.32 Å². The number of benzene rings is 2. The molecule has 0 fully saturated rings. The molecule has 25 heavy (non-hydrogen) atoms. The van der Waals surface area contributed by atoms with Gasteiger partial charge in [-0.15, -0.1) is 11.3 Å². The van der Waals surface area contributed by atoms with Crippen LogP contribution in [-0.2, 0) is 4.74 Å². The Hall–Kier alpha value is -2.57. The normalized spacial score (nSPS) is 10.5. The van der Waals surface area contributed by atoms with Gasteiger partial charge in [0.1, 0.15) is 10.6 Å². The molecular weight excluding hydrogens is 362 g/mol. The molecule has 5 nitrogen and oxygen atoms in total. The molecule has 1 heterocycles. The Labute approximate surface area is 153 Å². The lowest BCUT2D eigenvalue weighted by atomic mass is 10.1. The summed E-state index contributed by atoms with van der Waals surface area (Å²) in [5.41, 5.74) is 0.949. The first-order valence-corrected chi connectivity index (χ1v) is 8.48. The van der Waals surface area contributed by atoms with Crippen LogP contribution in [0.5, 0.6) is 5.75 Å². The number of hydrogen-bond acceptors (Lipinski definition) is 5. The Morgan fingerprint density at radius 2 is 1.88 bits per heavy atom. The van der Waals surface area contributed by atoms with Crippen molar-refractivity contribution >= 4 is 50.6 Å². The molecule has 0 atom stereocenters. The maximum atomic E-state index is 12.5. The lowest BCUT2D eigenvalue weighted by molar-refractivity contribution is 0.0606. The molecule has 1 amide bonds. The molecule has 0 aliphatic heterocycles. The maximum absolute atomic E-state index is 12.5. The van der Waals surface area contributed by atoms with Crippen LogP contribution in [0.25, 0.3) is 10.1 Å². The molecule has 0 radical (unpaired) electrons. The first-order chi connectivity index (χ1) is 12.0. The first kappa shape index (κ1) is 17.3. The van der Waals surface area contributed by atoms with Gasteiger partial charge < -0.3 is 14.8 Å². The van der Waals surface area contributed by atoms with Crippen LogP contribution in [-0.4, -0.2) is 26.1 Å². The second-order valence-electron chi connectivity index (χ2n) is 5.15. The number of fused-ring (bicyclic) bond motifs is 1. The molecule has 1 aromatic heterocycles. The van der Waals surface area contributed by atoms with Gasteiger partial charge in [0.2, 0.25) is 0 Å². The van der Waals surface area contributed by atoms with Crippen molar-refractivity contribution in [1.82, 2.24) is 0 Å². The SMILES string of the molecule is COC(=O)c1cc2cc(NC(=O)c3cc(Cl)ccc3OC)ccc2s1. The van der Waals surface area contributed by atoms with E-state index in [1.54, 1.807) is 36.4 Å². The highest BCUT2D eigenvalue weighted by atomic mass is 35.5. The molecule has 0 spiro atoms. The highest BCUT2D eigenvalue weighted by molar-refractivity contribution is 7.20. The van der Waals surface area contributed by atoms with Crippen LogP contribution in [0.1, 0.15) is 20.0 Å². The molecule has 0 saturated carbocycles. The van der Waals surface area contributed by atoms with Crippen molar-refractivity contribution in [2.75, 3.05) is 19.5 Å². The molecule has 1 N–H and O–H groups in total. The van der Waals surface area contributed by atoms with Crippen LogP contribution in [0.15, 0.2) is 42.5 Å². The van der Waals surface area contributed by atoms with Gasteiger partial charge in [-0.3, -0.25) is 4.79 Å². The van der Waals surface area contributed by atoms with Crippen LogP contribution in [0.4, 0.5) is 5.69 Å². The highest BCUT2D eigenvalue weighted by Crippen LogP contribution is 2.29. The van der Waals surface area contributed by atoms with Crippen molar-refractivity contribution in [1.29, 1.82) is 0 Å². The fourth-order valence-corrected chi connectivity index (χ4v) is 3.51. The van der Waals surface area contributed by atoms with Crippen molar-refractivity contribution in [3.05, 3.63) is 57.9 Å². The Balaban J connectivity index is 1.89. The predicted molar refractivity (Wildman–Crippen MR) is 99.1 cm³/mol. The number of anilines is 1. The predicted octanol–water partition coefficient (Wildman–Crippen LogP) is 4.60. The summed E-state index contributed by atoms with van der Waals surface area (Å²) in [5.74, 6) is -0.274. The molecule has 0 bridgehead atoms. The summed E-state index contributed by atoms with van der Waals surface area (Å²) in [6, 6.07) is 12.0. The summed E-state index contributed by atoms with van der Waals surface area (Å²) < 4.78 is 10.9. The minimum absolute atomic E-state index is 0.331. The summed E-state index contributed by atoms with van der Waals surface area (Å²) in [6.45, 7) is 0. The molecule has 3 rings (SSSR count). The van der Waals surface area contributed by atoms with E-state index in [9.17, 15) is 9.59 Å². The molecule has 0 saturated heterocycles. The van der Waals surface area contributed by atoms with E-state index in [1.165, 1.54) is 25.6 Å². The topological polar surface area (TPSA) is 64.6 Å². The average Bonchev–Trinajstić information content (AvgIpc) is 3.04. The number of carbonyl (C=O) groups is 2. The second-order valence-corrected chi connectivity index (χ2v) is 6.67. The summed E-state index contributed by atoms with van der Waals surface area (Å²) in [7, 11) is 2.84. The number of hydrogen-bond donors (Lipinski definition) is 1. The Morgan fingerprint density at radius 1 is 1.08 bits per heavy atom. The number of esters is 1. The zero-order valence-electron chi connectivity index (χ0n) is 13.5. The van der Waals surface area contributed by atoms with Gasteiger partial charge in [0, 0.05) is 15.4 Å². The third-order valence-corrected chi connectivity index (χ3v) is 4.90. The van der Waals surface area contributed by atoms with E-state index >= 15 is 0 Å². The van der Waals surface area contributed by atoms with E-state index in [0.717, 1.165) is 10.1 Å². The quantitative estimate of drug-likeness (QED) is 0.677. The number of carbonyl (C=O) groups excluding carboxylic acids is 2. The zero-order valence-corrected chi connectivity index (χ0v) is 15.0. The molecule has 2 aromatic carbocycles. The number of nitrogens with one attached hydrogen (secondary N) is 1. The average molecular weight is 376 g/mol. The van der Waals surface area contributed by atoms with Crippen LogP contribution >= 0.6 is 22.9 Å². The Kier molecular flexibility index (Phi) is 4.92. The smallest absolute Gasteiger partial charge is 0.348 e.